The van der Waals surface area contributed by atoms with Crippen LogP contribution in [0.15, 0.2) is 91.0 Å². The Balaban J connectivity index is 1.45. The van der Waals surface area contributed by atoms with Crippen molar-refractivity contribution in [2.45, 2.75) is 38.1 Å². The van der Waals surface area contributed by atoms with Crippen LogP contribution in [0.1, 0.15) is 16.7 Å². The molecule has 0 spiro atoms. The van der Waals surface area contributed by atoms with Gasteiger partial charge in [0.05, 0.1) is 32.4 Å². The van der Waals surface area contributed by atoms with Gasteiger partial charge in [-0.2, -0.15) is 0 Å². The maximum absolute atomic E-state index is 12.9. The molecule has 1 N–H and O–H groups in total. The number of amides is 1. The summed E-state index contributed by atoms with van der Waals surface area (Å²) in [6, 6.07) is 28.6. The topological polar surface area (TPSA) is 68.2 Å². The van der Waals surface area contributed by atoms with Crippen LogP contribution in [0, 0.1) is 0 Å². The lowest BCUT2D eigenvalue weighted by Crippen LogP contribution is -2.43. The van der Waals surface area contributed by atoms with Gasteiger partial charge in [-0.25, -0.2) is 4.79 Å². The Hall–Kier alpha value is -3.19. The van der Waals surface area contributed by atoms with E-state index in [9.17, 15) is 9.90 Å². The second-order valence-corrected chi connectivity index (χ2v) is 8.04. The Labute approximate surface area is 194 Å². The number of benzene rings is 3. The van der Waals surface area contributed by atoms with Crippen molar-refractivity contribution in [1.82, 2.24) is 4.90 Å². The minimum Gasteiger partial charge on any atom is -0.445 e. The zero-order chi connectivity index (χ0) is 22.9. The van der Waals surface area contributed by atoms with Gasteiger partial charge in [-0.05, 0) is 16.7 Å². The summed E-state index contributed by atoms with van der Waals surface area (Å²) in [6.07, 6.45) is -1.37. The fourth-order valence-electron chi connectivity index (χ4n) is 3.98. The number of hydrogen-bond donors (Lipinski definition) is 1. The summed E-state index contributed by atoms with van der Waals surface area (Å²) in [7, 11) is 0. The summed E-state index contributed by atoms with van der Waals surface area (Å²) < 4.78 is 17.9. The number of hydrogen-bond acceptors (Lipinski definition) is 5. The van der Waals surface area contributed by atoms with E-state index in [1.807, 2.05) is 91.0 Å². The van der Waals surface area contributed by atoms with Gasteiger partial charge >= 0.3 is 6.09 Å². The molecule has 3 aromatic rings. The maximum Gasteiger partial charge on any atom is 0.410 e. The van der Waals surface area contributed by atoms with Crippen molar-refractivity contribution in [3.8, 4) is 0 Å². The third-order valence-electron chi connectivity index (χ3n) is 5.74. The number of aliphatic hydroxyl groups excluding tert-OH is 1. The van der Waals surface area contributed by atoms with E-state index in [1.54, 1.807) is 0 Å². The lowest BCUT2D eigenvalue weighted by Gasteiger charge is -2.26. The average molecular weight is 448 g/mol. The maximum atomic E-state index is 12.9. The molecule has 6 heteroatoms. The van der Waals surface area contributed by atoms with E-state index in [0.29, 0.717) is 13.2 Å². The second kappa shape index (κ2) is 11.6. The van der Waals surface area contributed by atoms with Gasteiger partial charge in [0, 0.05) is 0 Å². The second-order valence-electron chi connectivity index (χ2n) is 8.04. The minimum absolute atomic E-state index is 0.166. The van der Waals surface area contributed by atoms with Crippen molar-refractivity contribution in [2.24, 2.45) is 0 Å². The molecule has 172 valence electrons. The molecule has 0 aromatic heterocycles. The van der Waals surface area contributed by atoms with Crippen LogP contribution in [0.25, 0.3) is 0 Å². The standard InChI is InChI=1S/C27H29NO5/c29-17-24-26(32-19-22-12-6-2-7-13-22)25(31-18-21-10-4-1-5-11-21)16-28(24)27(30)33-20-23-14-8-3-9-15-23/h1-15,24-26,29H,16-20H2/t24-,25-,26+/m1/s1. The fourth-order valence-corrected chi connectivity index (χ4v) is 3.98. The van der Waals surface area contributed by atoms with Crippen LogP contribution in [0.2, 0.25) is 0 Å². The summed E-state index contributed by atoms with van der Waals surface area (Å²) in [6.45, 7) is 0.956. The summed E-state index contributed by atoms with van der Waals surface area (Å²) in [5.41, 5.74) is 2.95. The van der Waals surface area contributed by atoms with Crippen molar-refractivity contribution in [3.05, 3.63) is 108 Å². The molecule has 0 radical (unpaired) electrons. The largest absolute Gasteiger partial charge is 0.445 e. The molecule has 6 nitrogen and oxygen atoms in total. The molecule has 1 aliphatic rings. The Morgan fingerprint density at radius 3 is 1.76 bits per heavy atom. The molecule has 0 aliphatic carbocycles. The van der Waals surface area contributed by atoms with Crippen molar-refractivity contribution in [1.29, 1.82) is 0 Å². The van der Waals surface area contributed by atoms with E-state index in [0.717, 1.165) is 16.7 Å². The van der Waals surface area contributed by atoms with Crippen LogP contribution in [0.3, 0.4) is 0 Å². The lowest BCUT2D eigenvalue weighted by molar-refractivity contribution is -0.0760. The first-order chi connectivity index (χ1) is 16.2. The highest BCUT2D eigenvalue weighted by atomic mass is 16.6. The first-order valence-electron chi connectivity index (χ1n) is 11.1. The third-order valence-corrected chi connectivity index (χ3v) is 5.74. The number of nitrogens with zero attached hydrogens (tertiary/aromatic N) is 1. The Bertz CT molecular complexity index is 983. The van der Waals surface area contributed by atoms with Crippen molar-refractivity contribution in [2.75, 3.05) is 13.2 Å². The molecule has 1 fully saturated rings. The van der Waals surface area contributed by atoms with Crippen molar-refractivity contribution in [3.63, 3.8) is 0 Å². The Kier molecular flexibility index (Phi) is 8.09. The SMILES string of the molecule is O=C(OCc1ccccc1)N1C[C@@H](OCc2ccccc2)[C@@H](OCc2ccccc2)[C@H]1CO. The molecule has 4 rings (SSSR count). The Morgan fingerprint density at radius 1 is 0.758 bits per heavy atom. The monoisotopic (exact) mass is 447 g/mol. The van der Waals surface area contributed by atoms with Gasteiger partial charge in [0.15, 0.2) is 0 Å². The van der Waals surface area contributed by atoms with E-state index >= 15 is 0 Å². The molecule has 0 saturated carbocycles. The molecule has 3 aromatic carbocycles. The predicted octanol–water partition coefficient (Wildman–Crippen LogP) is 4.17. The zero-order valence-corrected chi connectivity index (χ0v) is 18.5. The normalized spacial score (nSPS) is 20.0. The molecule has 1 heterocycles. The van der Waals surface area contributed by atoms with Crippen LogP contribution < -0.4 is 0 Å². The summed E-state index contributed by atoms with van der Waals surface area (Å²) >= 11 is 0. The van der Waals surface area contributed by atoms with Crippen molar-refractivity contribution < 1.29 is 24.1 Å². The zero-order valence-electron chi connectivity index (χ0n) is 18.5. The van der Waals surface area contributed by atoms with Crippen LogP contribution in [-0.4, -0.2) is 47.5 Å². The highest BCUT2D eigenvalue weighted by Gasteiger charge is 2.46. The van der Waals surface area contributed by atoms with Crippen LogP contribution in [-0.2, 0) is 34.0 Å². The molecule has 1 saturated heterocycles. The number of carbonyl (C=O) groups excluding carboxylic acids is 1. The van der Waals surface area contributed by atoms with Gasteiger partial charge in [-0.3, -0.25) is 4.90 Å². The minimum atomic E-state index is -0.558. The number of ether oxygens (including phenoxy) is 3. The molecule has 0 bridgehead atoms. The molecule has 1 amide bonds. The van der Waals surface area contributed by atoms with Gasteiger partial charge in [-0.1, -0.05) is 91.0 Å². The van der Waals surface area contributed by atoms with Gasteiger partial charge < -0.3 is 19.3 Å². The molecule has 33 heavy (non-hydrogen) atoms. The van der Waals surface area contributed by atoms with Gasteiger partial charge in [0.25, 0.3) is 0 Å². The molecular formula is C27H29NO5. The molecule has 0 unspecified atom stereocenters. The number of carbonyl (C=O) groups is 1. The van der Waals surface area contributed by atoms with Gasteiger partial charge in [0.2, 0.25) is 0 Å². The number of rotatable bonds is 9. The molecule has 1 aliphatic heterocycles. The van der Waals surface area contributed by atoms with Gasteiger partial charge in [0.1, 0.15) is 18.8 Å². The van der Waals surface area contributed by atoms with E-state index in [1.165, 1.54) is 4.90 Å². The quantitative estimate of drug-likeness (QED) is 0.533. The van der Waals surface area contributed by atoms with E-state index in [4.69, 9.17) is 14.2 Å². The molecule has 3 atom stereocenters. The van der Waals surface area contributed by atoms with Crippen LogP contribution in [0.5, 0.6) is 0 Å². The fraction of sp³-hybridized carbons (Fsp3) is 0.296. The summed E-state index contributed by atoms with van der Waals surface area (Å²) in [4.78, 5) is 14.4. The number of aliphatic hydroxyl groups is 1. The van der Waals surface area contributed by atoms with E-state index in [-0.39, 0.29) is 19.8 Å². The number of likely N-dealkylation sites (tertiary alicyclic amines) is 1. The summed E-state index contributed by atoms with van der Waals surface area (Å²) in [5, 5.41) is 10.2. The Morgan fingerprint density at radius 2 is 1.24 bits per heavy atom. The predicted molar refractivity (Wildman–Crippen MR) is 124 cm³/mol. The van der Waals surface area contributed by atoms with E-state index < -0.39 is 24.3 Å². The smallest absolute Gasteiger partial charge is 0.410 e. The first kappa shape index (κ1) is 23.0. The van der Waals surface area contributed by atoms with Crippen LogP contribution >= 0.6 is 0 Å². The average Bonchev–Trinajstić information content (AvgIpc) is 3.24. The third kappa shape index (κ3) is 6.20. The lowest BCUT2D eigenvalue weighted by atomic mass is 10.1. The highest BCUT2D eigenvalue weighted by molar-refractivity contribution is 5.69. The molecular weight excluding hydrogens is 418 g/mol. The van der Waals surface area contributed by atoms with Crippen molar-refractivity contribution >= 4 is 6.09 Å². The first-order valence-corrected chi connectivity index (χ1v) is 11.1. The highest BCUT2D eigenvalue weighted by Crippen LogP contribution is 2.27. The summed E-state index contributed by atoms with van der Waals surface area (Å²) in [5.74, 6) is 0. The van der Waals surface area contributed by atoms with Gasteiger partial charge in [-0.15, -0.1) is 0 Å². The van der Waals surface area contributed by atoms with Crippen LogP contribution in [0.4, 0.5) is 4.79 Å². The van der Waals surface area contributed by atoms with E-state index in [2.05, 4.69) is 0 Å².